The van der Waals surface area contributed by atoms with Crippen LogP contribution in [0.3, 0.4) is 0 Å². The minimum absolute atomic E-state index is 0.0277. The molecule has 2 aromatic rings. The molecule has 1 atom stereocenters. The van der Waals surface area contributed by atoms with Gasteiger partial charge in [0.15, 0.2) is 0 Å². The van der Waals surface area contributed by atoms with Crippen molar-refractivity contribution >= 4 is 35.3 Å². The summed E-state index contributed by atoms with van der Waals surface area (Å²) in [6.45, 7) is 11.8. The Hall–Kier alpha value is -3.48. The van der Waals surface area contributed by atoms with E-state index in [1.165, 1.54) is 35.5 Å². The smallest absolute Gasteiger partial charge is 0.335 e. The summed E-state index contributed by atoms with van der Waals surface area (Å²) in [7, 11) is 0. The number of carbonyl (C=O) groups is 3. The van der Waals surface area contributed by atoms with Gasteiger partial charge in [0.1, 0.15) is 11.4 Å². The summed E-state index contributed by atoms with van der Waals surface area (Å²) >= 11 is 0. The van der Waals surface area contributed by atoms with Crippen LogP contribution in [-0.2, 0) is 9.59 Å². The molecule has 4 amide bonds. The Morgan fingerprint density at radius 3 is 2.59 bits per heavy atom. The lowest BCUT2D eigenvalue weighted by molar-refractivity contribution is -0.122. The van der Waals surface area contributed by atoms with Crippen LogP contribution in [0.4, 0.5) is 20.6 Å². The Bertz CT molecular complexity index is 1220. The summed E-state index contributed by atoms with van der Waals surface area (Å²) in [6, 6.07) is 8.43. The Morgan fingerprint density at radius 1 is 1.18 bits per heavy atom. The van der Waals surface area contributed by atoms with Gasteiger partial charge in [-0.3, -0.25) is 14.9 Å². The number of carbonyl (C=O) groups excluding carboxylic acids is 3. The van der Waals surface area contributed by atoms with Crippen LogP contribution in [0.2, 0.25) is 0 Å². The quantitative estimate of drug-likeness (QED) is 0.493. The zero-order valence-corrected chi connectivity index (χ0v) is 20.2. The number of amides is 4. The molecule has 0 aliphatic carbocycles. The molecule has 0 radical (unpaired) electrons. The number of hydrogen-bond acceptors (Lipinski definition) is 4. The Labute approximate surface area is 199 Å². The van der Waals surface area contributed by atoms with Crippen LogP contribution in [0.25, 0.3) is 6.08 Å². The molecule has 1 saturated heterocycles. The van der Waals surface area contributed by atoms with E-state index in [1.807, 2.05) is 13.0 Å². The molecule has 0 bridgehead atoms. The minimum atomic E-state index is -0.897. The Morgan fingerprint density at radius 2 is 1.91 bits per heavy atom. The van der Waals surface area contributed by atoms with Gasteiger partial charge < -0.3 is 4.90 Å². The van der Waals surface area contributed by atoms with E-state index in [9.17, 15) is 18.8 Å². The predicted octanol–water partition coefficient (Wildman–Crippen LogP) is 5.30. The maximum atomic E-state index is 13.7. The molecule has 2 aliphatic heterocycles. The molecule has 2 aromatic carbocycles. The SMILES string of the molecule is CCCN1c2cc(C)c(/C=C3/C(=O)NC(=O)N(c4cccc(F)c4)C3=O)cc2C(C)CC1(C)C. The number of fused-ring (bicyclic) bond motifs is 1. The summed E-state index contributed by atoms with van der Waals surface area (Å²) in [6.07, 6.45) is 3.55. The number of nitrogens with zero attached hydrogens (tertiary/aromatic N) is 2. The number of rotatable bonds is 4. The van der Waals surface area contributed by atoms with Crippen molar-refractivity contribution in [2.75, 3.05) is 16.3 Å². The molecule has 6 nitrogen and oxygen atoms in total. The highest BCUT2D eigenvalue weighted by Gasteiger charge is 2.38. The molecule has 1 N–H and O–H groups in total. The second kappa shape index (κ2) is 8.70. The van der Waals surface area contributed by atoms with Crippen molar-refractivity contribution in [3.63, 3.8) is 0 Å². The van der Waals surface area contributed by atoms with Gasteiger partial charge in [-0.15, -0.1) is 0 Å². The molecule has 0 saturated carbocycles. The molecule has 34 heavy (non-hydrogen) atoms. The van der Waals surface area contributed by atoms with Crippen molar-refractivity contribution in [1.82, 2.24) is 5.32 Å². The van der Waals surface area contributed by atoms with E-state index in [4.69, 9.17) is 0 Å². The van der Waals surface area contributed by atoms with Crippen LogP contribution in [-0.4, -0.2) is 29.9 Å². The highest BCUT2D eigenvalue weighted by molar-refractivity contribution is 6.39. The topological polar surface area (TPSA) is 69.7 Å². The van der Waals surface area contributed by atoms with Gasteiger partial charge in [0.05, 0.1) is 5.69 Å². The monoisotopic (exact) mass is 463 g/mol. The molecular weight excluding hydrogens is 433 g/mol. The van der Waals surface area contributed by atoms with Crippen LogP contribution in [0.1, 0.15) is 63.1 Å². The summed E-state index contributed by atoms with van der Waals surface area (Å²) in [5.41, 5.74) is 3.95. The Kier molecular flexibility index (Phi) is 6.06. The summed E-state index contributed by atoms with van der Waals surface area (Å²) in [4.78, 5) is 41.4. The van der Waals surface area contributed by atoms with Crippen molar-refractivity contribution in [3.8, 4) is 0 Å². The van der Waals surface area contributed by atoms with Crippen LogP contribution < -0.4 is 15.1 Å². The number of nitrogens with one attached hydrogen (secondary N) is 1. The van der Waals surface area contributed by atoms with Crippen molar-refractivity contribution in [2.24, 2.45) is 0 Å². The third-order valence-corrected chi connectivity index (χ3v) is 6.69. The molecular formula is C27H30FN3O3. The number of anilines is 2. The highest BCUT2D eigenvalue weighted by atomic mass is 19.1. The van der Waals surface area contributed by atoms with Gasteiger partial charge in [0.2, 0.25) is 0 Å². The van der Waals surface area contributed by atoms with Crippen molar-refractivity contribution in [3.05, 3.63) is 64.5 Å². The van der Waals surface area contributed by atoms with Gasteiger partial charge in [0, 0.05) is 17.8 Å². The van der Waals surface area contributed by atoms with Gasteiger partial charge >= 0.3 is 6.03 Å². The average Bonchev–Trinajstić information content (AvgIpc) is 2.74. The van der Waals surface area contributed by atoms with Crippen LogP contribution >= 0.6 is 0 Å². The first-order valence-electron chi connectivity index (χ1n) is 11.6. The summed E-state index contributed by atoms with van der Waals surface area (Å²) < 4.78 is 13.7. The van der Waals surface area contributed by atoms with Crippen molar-refractivity contribution < 1.29 is 18.8 Å². The summed E-state index contributed by atoms with van der Waals surface area (Å²) in [5.74, 6) is -1.82. The minimum Gasteiger partial charge on any atom is -0.366 e. The zero-order valence-electron chi connectivity index (χ0n) is 20.2. The number of aryl methyl sites for hydroxylation is 1. The predicted molar refractivity (Wildman–Crippen MR) is 131 cm³/mol. The molecule has 1 unspecified atom stereocenters. The zero-order chi connectivity index (χ0) is 24.8. The summed E-state index contributed by atoms with van der Waals surface area (Å²) in [5, 5.41) is 2.20. The van der Waals surface area contributed by atoms with E-state index in [2.05, 4.69) is 44.0 Å². The first-order chi connectivity index (χ1) is 16.0. The van der Waals surface area contributed by atoms with Crippen molar-refractivity contribution in [1.29, 1.82) is 0 Å². The normalized spacial score (nSPS) is 21.1. The molecule has 0 aromatic heterocycles. The fourth-order valence-corrected chi connectivity index (χ4v) is 5.12. The third kappa shape index (κ3) is 4.11. The number of urea groups is 1. The fourth-order valence-electron chi connectivity index (χ4n) is 5.12. The Balaban J connectivity index is 1.78. The van der Waals surface area contributed by atoms with Crippen molar-refractivity contribution in [2.45, 2.75) is 58.9 Å². The molecule has 178 valence electrons. The van der Waals surface area contributed by atoms with Crippen LogP contribution in [0, 0.1) is 12.7 Å². The van der Waals surface area contributed by atoms with E-state index in [0.717, 1.165) is 41.5 Å². The lowest BCUT2D eigenvalue weighted by atomic mass is 9.78. The number of hydrogen-bond donors (Lipinski definition) is 1. The molecule has 2 aliphatic rings. The number of barbiturate groups is 1. The van der Waals surface area contributed by atoms with E-state index in [0.29, 0.717) is 5.92 Å². The first kappa shape index (κ1) is 23.7. The first-order valence-corrected chi connectivity index (χ1v) is 11.6. The lowest BCUT2D eigenvalue weighted by Crippen LogP contribution is -2.54. The lowest BCUT2D eigenvalue weighted by Gasteiger charge is -2.48. The van der Waals surface area contributed by atoms with E-state index in [1.54, 1.807) is 0 Å². The maximum Gasteiger partial charge on any atom is 0.335 e. The molecule has 7 heteroatoms. The maximum absolute atomic E-state index is 13.7. The second-order valence-electron chi connectivity index (χ2n) is 9.77. The van der Waals surface area contributed by atoms with Gasteiger partial charge in [-0.25, -0.2) is 14.1 Å². The van der Waals surface area contributed by atoms with E-state index < -0.39 is 23.7 Å². The highest BCUT2D eigenvalue weighted by Crippen LogP contribution is 2.44. The largest absolute Gasteiger partial charge is 0.366 e. The van der Waals surface area contributed by atoms with Gasteiger partial charge in [-0.1, -0.05) is 19.9 Å². The average molecular weight is 464 g/mol. The molecule has 1 fully saturated rings. The van der Waals surface area contributed by atoms with Crippen LogP contribution in [0.15, 0.2) is 42.0 Å². The van der Waals surface area contributed by atoms with Gasteiger partial charge in [0.25, 0.3) is 11.8 Å². The third-order valence-electron chi connectivity index (χ3n) is 6.69. The van der Waals surface area contributed by atoms with Crippen LogP contribution in [0.5, 0.6) is 0 Å². The van der Waals surface area contributed by atoms with Gasteiger partial charge in [-0.2, -0.15) is 0 Å². The molecule has 0 spiro atoms. The second-order valence-corrected chi connectivity index (χ2v) is 9.77. The number of imide groups is 2. The fraction of sp³-hybridized carbons (Fsp3) is 0.370. The van der Waals surface area contributed by atoms with E-state index >= 15 is 0 Å². The number of benzene rings is 2. The number of halogens is 1. The molecule has 2 heterocycles. The van der Waals surface area contributed by atoms with E-state index in [-0.39, 0.29) is 16.8 Å². The standard InChI is InChI=1S/C27H30FN3O3/c1-6-10-30-23-11-16(2)18(12-21(23)17(3)15-27(30,4)5)13-22-24(32)29-26(34)31(25(22)33)20-9-7-8-19(28)14-20/h7-9,11-14,17H,6,10,15H2,1-5H3,(H,29,32,34)/b22-13-. The van der Waals surface area contributed by atoms with Gasteiger partial charge in [-0.05, 0) is 92.6 Å². The molecule has 4 rings (SSSR count).